The molecule has 3 rings (SSSR count). The molecule has 0 aliphatic carbocycles. The summed E-state index contributed by atoms with van der Waals surface area (Å²) in [6, 6.07) is 10.6. The van der Waals surface area contributed by atoms with Crippen molar-refractivity contribution in [1.82, 2.24) is 0 Å². The Bertz CT molecular complexity index is 668. The number of halogens is 2. The lowest BCUT2D eigenvalue weighted by Gasteiger charge is -2.23. The summed E-state index contributed by atoms with van der Waals surface area (Å²) >= 11 is 8.42. The Hall–Kier alpha value is -0.650. The Balaban J connectivity index is 1.85. The molecule has 0 bridgehead atoms. The van der Waals surface area contributed by atoms with Gasteiger partial charge in [0.05, 0.1) is 14.1 Å². The van der Waals surface area contributed by atoms with Crippen molar-refractivity contribution in [1.29, 1.82) is 0 Å². The minimum atomic E-state index is 0.155. The summed E-state index contributed by atoms with van der Waals surface area (Å²) in [6.45, 7) is 2.60. The van der Waals surface area contributed by atoms with Gasteiger partial charge in [0.15, 0.2) is 5.78 Å². The summed E-state index contributed by atoms with van der Waals surface area (Å²) in [6.07, 6.45) is 1.01. The Labute approximate surface area is 139 Å². The van der Waals surface area contributed by atoms with Crippen LogP contribution in [-0.4, -0.2) is 18.4 Å². The first-order valence-electron chi connectivity index (χ1n) is 6.39. The average Bonchev–Trinajstić information content (AvgIpc) is 2.90. The van der Waals surface area contributed by atoms with Gasteiger partial charge < -0.3 is 4.90 Å². The van der Waals surface area contributed by atoms with Gasteiger partial charge in [-0.25, -0.2) is 0 Å². The van der Waals surface area contributed by atoms with Crippen molar-refractivity contribution in [2.45, 2.75) is 19.4 Å². The molecule has 0 saturated carbocycles. The second-order valence-corrected chi connectivity index (χ2v) is 8.72. The zero-order valence-electron chi connectivity index (χ0n) is 10.9. The third-order valence-corrected chi connectivity index (χ3v) is 5.96. The van der Waals surface area contributed by atoms with Gasteiger partial charge in [0.2, 0.25) is 0 Å². The van der Waals surface area contributed by atoms with Crippen LogP contribution in [0.2, 0.25) is 0 Å². The number of rotatable bonds is 3. The first-order valence-corrected chi connectivity index (χ1v) is 8.79. The molecule has 104 valence electrons. The topological polar surface area (TPSA) is 20.3 Å². The fourth-order valence-corrected chi connectivity index (χ4v) is 5.50. The summed E-state index contributed by atoms with van der Waals surface area (Å²) in [5.74, 6) is 0.155. The lowest BCUT2D eigenvalue weighted by molar-refractivity contribution is 0.0997. The molecule has 0 saturated heterocycles. The summed E-state index contributed by atoms with van der Waals surface area (Å²) in [5, 5.41) is 0. The van der Waals surface area contributed by atoms with Crippen LogP contribution in [0.25, 0.3) is 0 Å². The number of nitrogens with zero attached hydrogens (tertiary/aromatic N) is 1. The smallest absolute Gasteiger partial charge is 0.184 e. The lowest BCUT2D eigenvalue weighted by Crippen LogP contribution is -2.34. The molecule has 0 radical (unpaired) electrons. The summed E-state index contributed by atoms with van der Waals surface area (Å²) in [5.41, 5.74) is 3.29. The molecule has 2 aromatic rings. The van der Waals surface area contributed by atoms with E-state index in [4.69, 9.17) is 0 Å². The molecule has 0 fully saturated rings. The summed E-state index contributed by atoms with van der Waals surface area (Å²) < 4.78 is 1.87. The molecule has 1 aromatic heterocycles. The zero-order chi connectivity index (χ0) is 14.3. The molecule has 1 atom stereocenters. The van der Waals surface area contributed by atoms with Crippen LogP contribution in [0.5, 0.6) is 0 Å². The molecule has 1 aliphatic rings. The van der Waals surface area contributed by atoms with Crippen molar-refractivity contribution in [2.75, 3.05) is 11.4 Å². The maximum absolute atomic E-state index is 12.5. The van der Waals surface area contributed by atoms with Gasteiger partial charge in [0, 0.05) is 17.3 Å². The van der Waals surface area contributed by atoms with Gasteiger partial charge in [-0.15, -0.1) is 11.3 Å². The molecule has 20 heavy (non-hydrogen) atoms. The van der Waals surface area contributed by atoms with Gasteiger partial charge in [0.1, 0.15) is 0 Å². The van der Waals surface area contributed by atoms with Crippen LogP contribution in [0.15, 0.2) is 37.9 Å². The van der Waals surface area contributed by atoms with Crippen LogP contribution in [0.1, 0.15) is 22.8 Å². The number of thiophene rings is 1. The van der Waals surface area contributed by atoms with E-state index in [0.29, 0.717) is 12.6 Å². The van der Waals surface area contributed by atoms with E-state index in [2.05, 4.69) is 61.9 Å². The predicted octanol–water partition coefficient (Wildman–Crippen LogP) is 4.91. The van der Waals surface area contributed by atoms with Gasteiger partial charge in [0.25, 0.3) is 0 Å². The summed E-state index contributed by atoms with van der Waals surface area (Å²) in [4.78, 5) is 14.7. The van der Waals surface area contributed by atoms with E-state index in [9.17, 15) is 4.79 Å². The van der Waals surface area contributed by atoms with E-state index in [1.807, 2.05) is 12.1 Å². The Morgan fingerprint density at radius 2 is 2.15 bits per heavy atom. The first-order chi connectivity index (χ1) is 9.56. The second-order valence-electron chi connectivity index (χ2n) is 4.97. The van der Waals surface area contributed by atoms with Crippen LogP contribution in [0.3, 0.4) is 0 Å². The molecule has 5 heteroatoms. The van der Waals surface area contributed by atoms with Crippen LogP contribution in [0, 0.1) is 0 Å². The average molecular weight is 415 g/mol. The SMILES string of the molecule is CC1Cc2ccccc2N1CC(=O)c1cc(Br)sc1Br. The van der Waals surface area contributed by atoms with E-state index >= 15 is 0 Å². The minimum Gasteiger partial charge on any atom is -0.361 e. The highest BCUT2D eigenvalue weighted by atomic mass is 79.9. The maximum atomic E-state index is 12.5. The molecule has 1 aliphatic heterocycles. The van der Waals surface area contributed by atoms with Gasteiger partial charge in [-0.2, -0.15) is 0 Å². The van der Waals surface area contributed by atoms with Crippen molar-refractivity contribution in [3.63, 3.8) is 0 Å². The lowest BCUT2D eigenvalue weighted by atomic mass is 10.1. The molecule has 0 spiro atoms. The highest BCUT2D eigenvalue weighted by Crippen LogP contribution is 2.35. The van der Waals surface area contributed by atoms with Crippen LogP contribution >= 0.6 is 43.2 Å². The number of benzene rings is 1. The van der Waals surface area contributed by atoms with Gasteiger partial charge in [-0.05, 0) is 62.9 Å². The number of hydrogen-bond acceptors (Lipinski definition) is 3. The molecule has 2 nitrogen and oxygen atoms in total. The number of para-hydroxylation sites is 1. The van der Waals surface area contributed by atoms with E-state index in [1.165, 1.54) is 22.6 Å². The normalized spacial score (nSPS) is 17.4. The van der Waals surface area contributed by atoms with E-state index in [-0.39, 0.29) is 5.78 Å². The molecular weight excluding hydrogens is 402 g/mol. The quantitative estimate of drug-likeness (QED) is 0.665. The third-order valence-electron chi connectivity index (χ3n) is 3.62. The Morgan fingerprint density at radius 3 is 2.85 bits per heavy atom. The number of hydrogen-bond donors (Lipinski definition) is 0. The third kappa shape index (κ3) is 2.59. The standard InChI is InChI=1S/C15H13Br2NOS/c1-9-6-10-4-2-3-5-12(10)18(9)8-13(19)11-7-14(16)20-15(11)17/h2-5,7,9H,6,8H2,1H3. The molecule has 1 unspecified atom stereocenters. The van der Waals surface area contributed by atoms with Crippen molar-refractivity contribution < 1.29 is 4.79 Å². The van der Waals surface area contributed by atoms with E-state index in [1.54, 1.807) is 0 Å². The number of ketones is 1. The number of carbonyl (C=O) groups excluding carboxylic acids is 1. The second kappa shape index (κ2) is 5.62. The molecule has 1 aromatic carbocycles. The van der Waals surface area contributed by atoms with E-state index < -0.39 is 0 Å². The van der Waals surface area contributed by atoms with Crippen LogP contribution in [0.4, 0.5) is 5.69 Å². The molecule has 2 heterocycles. The van der Waals surface area contributed by atoms with Crippen LogP contribution in [-0.2, 0) is 6.42 Å². The number of Topliss-reactive ketones (excluding diaryl/α,β-unsaturated/α-hetero) is 1. The van der Waals surface area contributed by atoms with E-state index in [0.717, 1.165) is 19.6 Å². The number of fused-ring (bicyclic) bond motifs is 1. The van der Waals surface area contributed by atoms with Crippen molar-refractivity contribution in [3.05, 3.63) is 49.0 Å². The molecule has 0 amide bonds. The number of anilines is 1. The van der Waals surface area contributed by atoms with Crippen LogP contribution < -0.4 is 4.90 Å². The van der Waals surface area contributed by atoms with Gasteiger partial charge in [-0.3, -0.25) is 4.79 Å². The highest BCUT2D eigenvalue weighted by molar-refractivity contribution is 9.12. The van der Waals surface area contributed by atoms with Gasteiger partial charge >= 0.3 is 0 Å². The first kappa shape index (κ1) is 14.3. The van der Waals surface area contributed by atoms with Crippen molar-refractivity contribution in [2.24, 2.45) is 0 Å². The van der Waals surface area contributed by atoms with Crippen molar-refractivity contribution >= 4 is 54.7 Å². The fourth-order valence-electron chi connectivity index (χ4n) is 2.64. The minimum absolute atomic E-state index is 0.155. The largest absolute Gasteiger partial charge is 0.361 e. The fraction of sp³-hybridized carbons (Fsp3) is 0.267. The zero-order valence-corrected chi connectivity index (χ0v) is 14.9. The van der Waals surface area contributed by atoms with Gasteiger partial charge in [-0.1, -0.05) is 18.2 Å². The maximum Gasteiger partial charge on any atom is 0.184 e. The Morgan fingerprint density at radius 1 is 1.40 bits per heavy atom. The predicted molar refractivity (Wildman–Crippen MR) is 91.0 cm³/mol. The van der Waals surface area contributed by atoms with Crippen molar-refractivity contribution in [3.8, 4) is 0 Å². The Kier molecular flexibility index (Phi) is 4.02. The highest BCUT2D eigenvalue weighted by Gasteiger charge is 2.28. The monoisotopic (exact) mass is 413 g/mol. The molecular formula is C15H13Br2NOS. The number of carbonyl (C=O) groups is 1. The molecule has 0 N–H and O–H groups in total. The summed E-state index contributed by atoms with van der Waals surface area (Å²) in [7, 11) is 0.